The monoisotopic (exact) mass is 346 g/mol. The molecule has 0 radical (unpaired) electrons. The molecular formula is C19H26N2O2S. The molecule has 1 atom stereocenters. The Bertz CT molecular complexity index is 789. The summed E-state index contributed by atoms with van der Waals surface area (Å²) in [5.41, 5.74) is 0. The van der Waals surface area contributed by atoms with Crippen LogP contribution in [-0.2, 0) is 10.0 Å². The van der Waals surface area contributed by atoms with Gasteiger partial charge in [0.2, 0.25) is 10.0 Å². The number of nitrogens with zero attached hydrogens (tertiary/aromatic N) is 1. The van der Waals surface area contributed by atoms with Gasteiger partial charge >= 0.3 is 0 Å². The van der Waals surface area contributed by atoms with Gasteiger partial charge in [0.05, 0.1) is 4.90 Å². The van der Waals surface area contributed by atoms with Crippen molar-refractivity contribution in [2.75, 3.05) is 19.6 Å². The van der Waals surface area contributed by atoms with E-state index in [9.17, 15) is 8.42 Å². The summed E-state index contributed by atoms with van der Waals surface area (Å²) in [5, 5.41) is 2.00. The van der Waals surface area contributed by atoms with E-state index in [2.05, 4.69) is 16.5 Å². The summed E-state index contributed by atoms with van der Waals surface area (Å²) in [7, 11) is -3.44. The average molecular weight is 346 g/mol. The molecule has 130 valence electrons. The maximum Gasteiger partial charge on any atom is 0.240 e. The molecule has 1 unspecified atom stereocenters. The third-order valence-corrected chi connectivity index (χ3v) is 6.34. The third kappa shape index (κ3) is 4.15. The van der Waals surface area contributed by atoms with Gasteiger partial charge in [0.25, 0.3) is 0 Å². The number of rotatable bonds is 6. The van der Waals surface area contributed by atoms with Crippen LogP contribution in [0.3, 0.4) is 0 Å². The van der Waals surface area contributed by atoms with E-state index in [4.69, 9.17) is 0 Å². The van der Waals surface area contributed by atoms with Gasteiger partial charge in [-0.25, -0.2) is 13.1 Å². The fourth-order valence-electron chi connectivity index (χ4n) is 3.40. The maximum atomic E-state index is 12.5. The van der Waals surface area contributed by atoms with Crippen LogP contribution in [0.5, 0.6) is 0 Å². The first-order valence-corrected chi connectivity index (χ1v) is 10.3. The molecule has 1 N–H and O–H groups in total. The van der Waals surface area contributed by atoms with E-state index in [0.29, 0.717) is 17.5 Å². The first-order valence-electron chi connectivity index (χ1n) is 8.79. The van der Waals surface area contributed by atoms with Gasteiger partial charge < -0.3 is 4.90 Å². The van der Waals surface area contributed by atoms with Crippen molar-refractivity contribution in [3.63, 3.8) is 0 Å². The second-order valence-corrected chi connectivity index (χ2v) is 8.41. The largest absolute Gasteiger partial charge is 0.301 e. The predicted molar refractivity (Wildman–Crippen MR) is 98.6 cm³/mol. The molecule has 1 fully saturated rings. The minimum Gasteiger partial charge on any atom is -0.301 e. The van der Waals surface area contributed by atoms with Crippen LogP contribution in [0.25, 0.3) is 10.8 Å². The Morgan fingerprint density at radius 2 is 1.92 bits per heavy atom. The lowest BCUT2D eigenvalue weighted by atomic mass is 10.0. The molecule has 1 aliphatic heterocycles. The van der Waals surface area contributed by atoms with Gasteiger partial charge in [0.1, 0.15) is 0 Å². The van der Waals surface area contributed by atoms with Crippen molar-refractivity contribution in [3.8, 4) is 0 Å². The minimum atomic E-state index is -3.44. The summed E-state index contributed by atoms with van der Waals surface area (Å²) in [6.45, 7) is 4.84. The lowest BCUT2D eigenvalue weighted by Crippen LogP contribution is -2.39. The lowest BCUT2D eigenvalue weighted by Gasteiger charge is -2.33. The zero-order valence-corrected chi connectivity index (χ0v) is 15.1. The summed E-state index contributed by atoms with van der Waals surface area (Å²) in [5.74, 6) is 0. The third-order valence-electron chi connectivity index (χ3n) is 4.89. The highest BCUT2D eigenvalue weighted by atomic mass is 32.2. The molecule has 4 nitrogen and oxygen atoms in total. The molecule has 2 aromatic rings. The van der Waals surface area contributed by atoms with Crippen molar-refractivity contribution in [2.24, 2.45) is 0 Å². The normalized spacial score (nSPS) is 19.6. The number of benzene rings is 2. The van der Waals surface area contributed by atoms with Crippen molar-refractivity contribution < 1.29 is 8.42 Å². The second-order valence-electron chi connectivity index (χ2n) is 6.64. The first-order chi connectivity index (χ1) is 11.6. The van der Waals surface area contributed by atoms with Gasteiger partial charge in [-0.15, -0.1) is 0 Å². The fraction of sp³-hybridized carbons (Fsp3) is 0.474. The predicted octanol–water partition coefficient (Wildman–Crippen LogP) is 3.38. The molecule has 0 aromatic heterocycles. The summed E-state index contributed by atoms with van der Waals surface area (Å²) < 4.78 is 27.7. The molecule has 1 saturated heterocycles. The Balaban J connectivity index is 1.57. The minimum absolute atomic E-state index is 0.340. The molecule has 0 aliphatic carbocycles. The molecule has 0 bridgehead atoms. The van der Waals surface area contributed by atoms with Gasteiger partial charge in [-0.1, -0.05) is 36.8 Å². The van der Waals surface area contributed by atoms with E-state index in [1.807, 2.05) is 30.3 Å². The van der Waals surface area contributed by atoms with Crippen LogP contribution >= 0.6 is 0 Å². The van der Waals surface area contributed by atoms with Gasteiger partial charge in [-0.05, 0) is 62.2 Å². The van der Waals surface area contributed by atoms with Gasteiger partial charge in [-0.2, -0.15) is 0 Å². The van der Waals surface area contributed by atoms with Crippen molar-refractivity contribution in [3.05, 3.63) is 42.5 Å². The number of piperidine rings is 1. The molecule has 3 rings (SSSR count). The molecule has 1 aliphatic rings. The van der Waals surface area contributed by atoms with Gasteiger partial charge in [-0.3, -0.25) is 0 Å². The number of likely N-dealkylation sites (tertiary alicyclic amines) is 1. The van der Waals surface area contributed by atoms with E-state index in [1.165, 1.54) is 19.3 Å². The van der Waals surface area contributed by atoms with Crippen LogP contribution in [0.15, 0.2) is 47.4 Å². The zero-order chi connectivity index (χ0) is 17.0. The Morgan fingerprint density at radius 1 is 1.12 bits per heavy atom. The Hall–Kier alpha value is -1.43. The Kier molecular flexibility index (Phi) is 5.54. The van der Waals surface area contributed by atoms with Crippen molar-refractivity contribution in [2.45, 2.75) is 43.5 Å². The van der Waals surface area contributed by atoms with E-state index in [-0.39, 0.29) is 0 Å². The second kappa shape index (κ2) is 7.64. The molecule has 1 heterocycles. The van der Waals surface area contributed by atoms with Crippen LogP contribution in [0, 0.1) is 0 Å². The molecule has 0 amide bonds. The smallest absolute Gasteiger partial charge is 0.240 e. The fourth-order valence-corrected chi connectivity index (χ4v) is 4.51. The van der Waals surface area contributed by atoms with Crippen LogP contribution in [0.1, 0.15) is 32.6 Å². The van der Waals surface area contributed by atoms with Crippen LogP contribution < -0.4 is 4.72 Å². The van der Waals surface area contributed by atoms with Crippen LogP contribution in [0.4, 0.5) is 0 Å². The quantitative estimate of drug-likeness (QED) is 0.816. The lowest BCUT2D eigenvalue weighted by molar-refractivity contribution is 0.159. The van der Waals surface area contributed by atoms with Gasteiger partial charge in [0, 0.05) is 12.6 Å². The van der Waals surface area contributed by atoms with E-state index in [0.717, 1.165) is 30.3 Å². The van der Waals surface area contributed by atoms with Crippen LogP contribution in [-0.4, -0.2) is 39.0 Å². The van der Waals surface area contributed by atoms with Crippen molar-refractivity contribution in [1.29, 1.82) is 0 Å². The van der Waals surface area contributed by atoms with Crippen molar-refractivity contribution >= 4 is 20.8 Å². The number of sulfonamides is 1. The highest BCUT2D eigenvalue weighted by molar-refractivity contribution is 7.89. The molecule has 24 heavy (non-hydrogen) atoms. The number of nitrogens with one attached hydrogen (secondary N) is 1. The van der Waals surface area contributed by atoms with E-state index < -0.39 is 10.0 Å². The van der Waals surface area contributed by atoms with Crippen molar-refractivity contribution in [1.82, 2.24) is 9.62 Å². The Morgan fingerprint density at radius 3 is 2.71 bits per heavy atom. The summed E-state index contributed by atoms with van der Waals surface area (Å²) in [6, 6.07) is 13.7. The van der Waals surface area contributed by atoms with E-state index >= 15 is 0 Å². The van der Waals surface area contributed by atoms with E-state index in [1.54, 1.807) is 12.1 Å². The number of hydrogen-bond acceptors (Lipinski definition) is 3. The van der Waals surface area contributed by atoms with Crippen LogP contribution in [0.2, 0.25) is 0 Å². The molecule has 2 aromatic carbocycles. The summed E-state index contributed by atoms with van der Waals surface area (Å²) in [4.78, 5) is 2.81. The highest BCUT2D eigenvalue weighted by Gasteiger charge is 2.18. The Labute approximate surface area is 144 Å². The summed E-state index contributed by atoms with van der Waals surface area (Å²) >= 11 is 0. The van der Waals surface area contributed by atoms with Gasteiger partial charge in [0.15, 0.2) is 0 Å². The molecular weight excluding hydrogens is 320 g/mol. The molecule has 5 heteroatoms. The number of fused-ring (bicyclic) bond motifs is 1. The highest BCUT2D eigenvalue weighted by Crippen LogP contribution is 2.19. The zero-order valence-electron chi connectivity index (χ0n) is 14.2. The molecule has 0 spiro atoms. The molecule has 0 saturated carbocycles. The maximum absolute atomic E-state index is 12.5. The number of hydrogen-bond donors (Lipinski definition) is 1. The standard InChI is InChI=1S/C19H26N2O2S/c1-16-7-4-5-13-21(16)14-6-12-20-24(22,23)19-11-10-17-8-2-3-9-18(17)15-19/h2-3,8-11,15-16,20H,4-7,12-14H2,1H3. The SMILES string of the molecule is CC1CCCCN1CCCNS(=O)(=O)c1ccc2ccccc2c1. The summed E-state index contributed by atoms with van der Waals surface area (Å²) in [6.07, 6.45) is 4.67. The first kappa shape index (κ1) is 17.4. The average Bonchev–Trinajstić information content (AvgIpc) is 2.59. The topological polar surface area (TPSA) is 49.4 Å².